The molecule has 0 atom stereocenters. The molecule has 0 aliphatic carbocycles. The molecular formula is C11H15N3OS2. The van der Waals surface area contributed by atoms with Crippen molar-refractivity contribution < 1.29 is 4.79 Å². The summed E-state index contributed by atoms with van der Waals surface area (Å²) in [5.74, 6) is 0.984. The van der Waals surface area contributed by atoms with Gasteiger partial charge in [0.05, 0.1) is 13.1 Å². The maximum atomic E-state index is 11.7. The number of amidine groups is 1. The Labute approximate surface area is 109 Å². The summed E-state index contributed by atoms with van der Waals surface area (Å²) >= 11 is 3.31. The number of nitrogens with zero attached hydrogens (tertiary/aromatic N) is 2. The number of aliphatic imine (C=N–C) groups is 1. The highest BCUT2D eigenvalue weighted by Gasteiger charge is 2.12. The van der Waals surface area contributed by atoms with Gasteiger partial charge in [0.2, 0.25) is 5.91 Å². The Kier molecular flexibility index (Phi) is 4.58. The molecule has 1 aromatic rings. The molecule has 0 radical (unpaired) electrons. The van der Waals surface area contributed by atoms with Crippen LogP contribution in [0, 0.1) is 0 Å². The third-order valence-electron chi connectivity index (χ3n) is 2.25. The van der Waals surface area contributed by atoms with Crippen LogP contribution in [-0.2, 0) is 11.3 Å². The number of likely N-dealkylation sites (N-methyl/N-ethyl adjacent to an activating group) is 1. The van der Waals surface area contributed by atoms with E-state index in [9.17, 15) is 4.79 Å². The van der Waals surface area contributed by atoms with E-state index in [1.165, 1.54) is 4.88 Å². The second-order valence-electron chi connectivity index (χ2n) is 3.84. The molecule has 6 heteroatoms. The van der Waals surface area contributed by atoms with Crippen molar-refractivity contribution in [2.24, 2.45) is 4.99 Å². The Morgan fingerprint density at radius 2 is 2.53 bits per heavy atom. The Bertz CT molecular complexity index is 403. The lowest BCUT2D eigenvalue weighted by Crippen LogP contribution is -2.36. The molecule has 1 aliphatic rings. The molecule has 0 fully saturated rings. The lowest BCUT2D eigenvalue weighted by atomic mass is 10.4. The van der Waals surface area contributed by atoms with Gasteiger partial charge in [-0.1, -0.05) is 17.8 Å². The molecule has 0 saturated heterocycles. The van der Waals surface area contributed by atoms with E-state index in [0.717, 1.165) is 24.0 Å². The number of amides is 1. The van der Waals surface area contributed by atoms with E-state index >= 15 is 0 Å². The Morgan fingerprint density at radius 3 is 3.18 bits per heavy atom. The zero-order chi connectivity index (χ0) is 12.1. The first-order chi connectivity index (χ1) is 8.24. The number of carbonyl (C=O) groups excluding carboxylic acids is 1. The first-order valence-corrected chi connectivity index (χ1v) is 7.28. The molecule has 1 N–H and O–H groups in total. The van der Waals surface area contributed by atoms with Crippen molar-refractivity contribution in [1.29, 1.82) is 0 Å². The Balaban J connectivity index is 1.74. The van der Waals surface area contributed by atoms with E-state index in [1.807, 2.05) is 23.4 Å². The molecule has 92 valence electrons. The topological polar surface area (TPSA) is 44.7 Å². The van der Waals surface area contributed by atoms with Gasteiger partial charge in [0.1, 0.15) is 0 Å². The Hall–Kier alpha value is -0.850. The third kappa shape index (κ3) is 4.14. The molecule has 0 aromatic carbocycles. The van der Waals surface area contributed by atoms with E-state index in [2.05, 4.69) is 16.4 Å². The first kappa shape index (κ1) is 12.6. The van der Waals surface area contributed by atoms with Crippen LogP contribution in [0.3, 0.4) is 0 Å². The number of rotatable bonds is 4. The highest BCUT2D eigenvalue weighted by molar-refractivity contribution is 8.14. The van der Waals surface area contributed by atoms with Crippen molar-refractivity contribution in [2.45, 2.75) is 6.54 Å². The molecule has 2 heterocycles. The van der Waals surface area contributed by atoms with Crippen LogP contribution in [-0.4, -0.2) is 41.9 Å². The van der Waals surface area contributed by atoms with Gasteiger partial charge in [0, 0.05) is 17.2 Å². The number of hydrogen-bond acceptors (Lipinski definition) is 5. The molecule has 1 amide bonds. The van der Waals surface area contributed by atoms with E-state index in [4.69, 9.17) is 0 Å². The quantitative estimate of drug-likeness (QED) is 0.898. The summed E-state index contributed by atoms with van der Waals surface area (Å²) in [7, 11) is 1.95. The minimum Gasteiger partial charge on any atom is -0.304 e. The van der Waals surface area contributed by atoms with Crippen LogP contribution >= 0.6 is 23.1 Å². The van der Waals surface area contributed by atoms with Gasteiger partial charge in [-0.25, -0.2) is 0 Å². The van der Waals surface area contributed by atoms with Crippen LogP contribution in [0.15, 0.2) is 22.5 Å². The molecule has 1 aliphatic heterocycles. The van der Waals surface area contributed by atoms with Crippen LogP contribution < -0.4 is 5.32 Å². The van der Waals surface area contributed by atoms with Crippen molar-refractivity contribution in [3.8, 4) is 0 Å². The van der Waals surface area contributed by atoms with Gasteiger partial charge in [-0.3, -0.25) is 14.7 Å². The van der Waals surface area contributed by atoms with Gasteiger partial charge in [-0.15, -0.1) is 11.3 Å². The molecule has 1 aromatic heterocycles. The SMILES string of the molecule is CN(CC(=O)NC1=NCCS1)Cc1cccs1. The average molecular weight is 269 g/mol. The lowest BCUT2D eigenvalue weighted by molar-refractivity contribution is -0.120. The van der Waals surface area contributed by atoms with Crippen molar-refractivity contribution in [1.82, 2.24) is 10.2 Å². The van der Waals surface area contributed by atoms with Gasteiger partial charge in [-0.05, 0) is 18.5 Å². The number of thioether (sulfide) groups is 1. The molecule has 2 rings (SSSR count). The lowest BCUT2D eigenvalue weighted by Gasteiger charge is -2.14. The van der Waals surface area contributed by atoms with Crippen LogP contribution in [0.5, 0.6) is 0 Å². The first-order valence-electron chi connectivity index (χ1n) is 5.42. The predicted octanol–water partition coefficient (Wildman–Crippen LogP) is 1.40. The van der Waals surface area contributed by atoms with Gasteiger partial charge < -0.3 is 5.32 Å². The molecule has 17 heavy (non-hydrogen) atoms. The molecular weight excluding hydrogens is 254 g/mol. The number of carbonyl (C=O) groups is 1. The van der Waals surface area contributed by atoms with Crippen LogP contribution in [0.1, 0.15) is 4.88 Å². The maximum absolute atomic E-state index is 11.7. The van der Waals surface area contributed by atoms with Crippen molar-refractivity contribution in [2.75, 3.05) is 25.9 Å². The summed E-state index contributed by atoms with van der Waals surface area (Å²) in [6.45, 7) is 2.02. The minimum atomic E-state index is 0.0113. The fraction of sp³-hybridized carbons (Fsp3) is 0.455. The Morgan fingerprint density at radius 1 is 1.65 bits per heavy atom. The molecule has 0 unspecified atom stereocenters. The van der Waals surface area contributed by atoms with E-state index < -0.39 is 0 Å². The monoisotopic (exact) mass is 269 g/mol. The minimum absolute atomic E-state index is 0.0113. The summed E-state index contributed by atoms with van der Waals surface area (Å²) < 4.78 is 0. The normalized spacial score (nSPS) is 15.1. The summed E-state index contributed by atoms with van der Waals surface area (Å²) in [5, 5.41) is 5.64. The average Bonchev–Trinajstić information content (AvgIpc) is 2.90. The fourth-order valence-electron chi connectivity index (χ4n) is 1.54. The third-order valence-corrected chi connectivity index (χ3v) is 4.00. The second kappa shape index (κ2) is 6.18. The molecule has 4 nitrogen and oxygen atoms in total. The van der Waals surface area contributed by atoms with Gasteiger partial charge in [0.15, 0.2) is 5.17 Å². The zero-order valence-electron chi connectivity index (χ0n) is 9.68. The number of thiophene rings is 1. The number of hydrogen-bond donors (Lipinski definition) is 1. The molecule has 0 bridgehead atoms. The highest BCUT2D eigenvalue weighted by atomic mass is 32.2. The summed E-state index contributed by atoms with van der Waals surface area (Å²) in [5.41, 5.74) is 0. The van der Waals surface area contributed by atoms with Gasteiger partial charge in [0.25, 0.3) is 0 Å². The maximum Gasteiger partial charge on any atom is 0.240 e. The van der Waals surface area contributed by atoms with Crippen molar-refractivity contribution >= 4 is 34.2 Å². The van der Waals surface area contributed by atoms with E-state index in [0.29, 0.717) is 6.54 Å². The van der Waals surface area contributed by atoms with E-state index in [1.54, 1.807) is 23.1 Å². The summed E-state index contributed by atoms with van der Waals surface area (Å²) in [6.07, 6.45) is 0. The van der Waals surface area contributed by atoms with Gasteiger partial charge >= 0.3 is 0 Å². The summed E-state index contributed by atoms with van der Waals surface area (Å²) in [6, 6.07) is 4.10. The molecule has 0 spiro atoms. The van der Waals surface area contributed by atoms with E-state index in [-0.39, 0.29) is 5.91 Å². The fourth-order valence-corrected chi connectivity index (χ4v) is 3.07. The second-order valence-corrected chi connectivity index (χ2v) is 5.95. The summed E-state index contributed by atoms with van der Waals surface area (Å²) in [4.78, 5) is 19.2. The predicted molar refractivity (Wildman–Crippen MR) is 73.6 cm³/mol. The van der Waals surface area contributed by atoms with Crippen LogP contribution in [0.4, 0.5) is 0 Å². The largest absolute Gasteiger partial charge is 0.304 e. The van der Waals surface area contributed by atoms with Crippen molar-refractivity contribution in [3.05, 3.63) is 22.4 Å². The van der Waals surface area contributed by atoms with Crippen molar-refractivity contribution in [3.63, 3.8) is 0 Å². The highest BCUT2D eigenvalue weighted by Crippen LogP contribution is 2.11. The molecule has 0 saturated carbocycles. The zero-order valence-corrected chi connectivity index (χ0v) is 11.3. The van der Waals surface area contributed by atoms with Crippen LogP contribution in [0.25, 0.3) is 0 Å². The van der Waals surface area contributed by atoms with Gasteiger partial charge in [-0.2, -0.15) is 0 Å². The standard InChI is InChI=1S/C11H15N3OS2/c1-14(7-9-3-2-5-16-9)8-10(15)13-11-12-4-6-17-11/h2-3,5H,4,6-8H2,1H3,(H,12,13,15). The smallest absolute Gasteiger partial charge is 0.240 e. The van der Waals surface area contributed by atoms with Crippen LogP contribution in [0.2, 0.25) is 0 Å². The number of nitrogens with one attached hydrogen (secondary N) is 1.